The van der Waals surface area contributed by atoms with Gasteiger partial charge in [-0.15, -0.1) is 10.2 Å². The van der Waals surface area contributed by atoms with Gasteiger partial charge in [0.05, 0.1) is 23.8 Å². The molecule has 33 heavy (non-hydrogen) atoms. The third kappa shape index (κ3) is 6.10. The molecule has 2 heterocycles. The number of hydrogen-bond donors (Lipinski definition) is 1. The van der Waals surface area contributed by atoms with E-state index in [1.807, 2.05) is 34.9 Å². The van der Waals surface area contributed by atoms with Crippen LogP contribution in [0.25, 0.3) is 0 Å². The maximum Gasteiger partial charge on any atom is 0.294 e. The third-order valence-corrected chi connectivity index (χ3v) is 6.51. The normalized spacial score (nSPS) is 13.8. The van der Waals surface area contributed by atoms with Crippen molar-refractivity contribution in [3.8, 4) is 0 Å². The summed E-state index contributed by atoms with van der Waals surface area (Å²) in [5.41, 5.74) is 0.972. The van der Waals surface area contributed by atoms with Crippen LogP contribution in [0, 0.1) is 10.1 Å². The van der Waals surface area contributed by atoms with Gasteiger partial charge in [-0.25, -0.2) is 0 Å². The van der Waals surface area contributed by atoms with Gasteiger partial charge in [-0.3, -0.25) is 19.8 Å². The first kappa shape index (κ1) is 23.2. The number of hydrogen-bond acceptors (Lipinski definition) is 7. The van der Waals surface area contributed by atoms with Gasteiger partial charge in [0.15, 0.2) is 5.16 Å². The lowest BCUT2D eigenvalue weighted by Crippen LogP contribution is -2.22. The summed E-state index contributed by atoms with van der Waals surface area (Å²) < 4.78 is 2.04. The second-order valence-corrected chi connectivity index (χ2v) is 9.09. The molecule has 0 saturated carbocycles. The number of rotatable bonds is 9. The molecule has 0 aliphatic carbocycles. The molecule has 2 aromatic carbocycles. The van der Waals surface area contributed by atoms with E-state index in [-0.39, 0.29) is 28.1 Å². The molecule has 1 saturated heterocycles. The van der Waals surface area contributed by atoms with Crippen molar-refractivity contribution in [2.75, 3.05) is 24.2 Å². The molecule has 1 amide bonds. The Kier molecular flexibility index (Phi) is 7.58. The summed E-state index contributed by atoms with van der Waals surface area (Å²) in [5, 5.41) is 23.5. The number of amides is 1. The Balaban J connectivity index is 1.47. The number of nitro benzene ring substituents is 1. The lowest BCUT2D eigenvalue weighted by Gasteiger charge is -2.16. The monoisotopic (exact) mass is 486 g/mol. The molecule has 1 aliphatic heterocycles. The van der Waals surface area contributed by atoms with Crippen molar-refractivity contribution in [1.82, 2.24) is 19.7 Å². The summed E-state index contributed by atoms with van der Waals surface area (Å²) in [4.78, 5) is 25.6. The van der Waals surface area contributed by atoms with Crippen LogP contribution in [0.1, 0.15) is 24.2 Å². The first-order chi connectivity index (χ1) is 16.0. The van der Waals surface area contributed by atoms with Crippen molar-refractivity contribution < 1.29 is 9.72 Å². The fourth-order valence-electron chi connectivity index (χ4n) is 3.69. The zero-order chi connectivity index (χ0) is 23.2. The van der Waals surface area contributed by atoms with E-state index in [4.69, 9.17) is 11.6 Å². The summed E-state index contributed by atoms with van der Waals surface area (Å²) in [6, 6.07) is 14.2. The van der Waals surface area contributed by atoms with Gasteiger partial charge in [0.1, 0.15) is 11.5 Å². The Hall–Kier alpha value is -2.95. The van der Waals surface area contributed by atoms with E-state index in [2.05, 4.69) is 20.4 Å². The first-order valence-electron chi connectivity index (χ1n) is 10.5. The zero-order valence-electron chi connectivity index (χ0n) is 17.8. The standard InChI is InChI=1S/C22H23ClN6O3S/c23-17-8-9-18(19(12-17)29(31)32)24-21(30)15-33-22-26-25-20(14-27-10-4-5-11-27)28(22)13-16-6-2-1-3-7-16/h1-3,6-9,12H,4-5,10-11,13-15H2,(H,24,30). The number of thioether (sulfide) groups is 1. The average Bonchev–Trinajstić information content (AvgIpc) is 3.45. The molecule has 0 radical (unpaired) electrons. The molecule has 11 heteroatoms. The molecule has 1 fully saturated rings. The van der Waals surface area contributed by atoms with Gasteiger partial charge in [-0.2, -0.15) is 0 Å². The molecule has 0 bridgehead atoms. The Morgan fingerprint density at radius 1 is 1.12 bits per heavy atom. The summed E-state index contributed by atoms with van der Waals surface area (Å²) in [6.45, 7) is 3.40. The molecular weight excluding hydrogens is 464 g/mol. The number of halogens is 1. The lowest BCUT2D eigenvalue weighted by molar-refractivity contribution is -0.383. The molecular formula is C22H23ClN6O3S. The number of likely N-dealkylation sites (tertiary alicyclic amines) is 1. The number of anilines is 1. The van der Waals surface area contributed by atoms with Crippen molar-refractivity contribution in [1.29, 1.82) is 0 Å². The number of nitrogens with one attached hydrogen (secondary N) is 1. The maximum atomic E-state index is 12.5. The fourth-order valence-corrected chi connectivity index (χ4v) is 4.61. The Labute approximate surface area is 200 Å². The van der Waals surface area contributed by atoms with Crippen molar-refractivity contribution in [3.63, 3.8) is 0 Å². The van der Waals surface area contributed by atoms with Gasteiger partial charge in [-0.1, -0.05) is 53.7 Å². The molecule has 0 atom stereocenters. The van der Waals surface area contributed by atoms with Crippen molar-refractivity contribution in [3.05, 3.63) is 75.1 Å². The molecule has 9 nitrogen and oxygen atoms in total. The third-order valence-electron chi connectivity index (χ3n) is 5.30. The summed E-state index contributed by atoms with van der Waals surface area (Å²) in [5.74, 6) is 0.522. The van der Waals surface area contributed by atoms with Crippen molar-refractivity contribution in [2.24, 2.45) is 0 Å². The highest BCUT2D eigenvalue weighted by Gasteiger charge is 2.20. The summed E-state index contributed by atoms with van der Waals surface area (Å²) in [7, 11) is 0. The van der Waals surface area contributed by atoms with Crippen LogP contribution in [0.15, 0.2) is 53.7 Å². The van der Waals surface area contributed by atoms with Gasteiger partial charge in [0.2, 0.25) is 5.91 Å². The molecule has 172 valence electrons. The average molecular weight is 487 g/mol. The van der Waals surface area contributed by atoms with Crippen LogP contribution in [-0.2, 0) is 17.9 Å². The molecule has 0 spiro atoms. The second-order valence-electron chi connectivity index (χ2n) is 7.71. The van der Waals surface area contributed by atoms with E-state index in [9.17, 15) is 14.9 Å². The van der Waals surface area contributed by atoms with E-state index in [1.165, 1.54) is 42.8 Å². The van der Waals surface area contributed by atoms with E-state index in [0.29, 0.717) is 18.2 Å². The van der Waals surface area contributed by atoms with Crippen LogP contribution in [0.4, 0.5) is 11.4 Å². The van der Waals surface area contributed by atoms with Gasteiger partial charge in [0.25, 0.3) is 5.69 Å². The van der Waals surface area contributed by atoms with Gasteiger partial charge in [-0.05, 0) is 43.6 Å². The number of aromatic nitrogens is 3. The van der Waals surface area contributed by atoms with Crippen LogP contribution >= 0.6 is 23.4 Å². The molecule has 3 aromatic rings. The van der Waals surface area contributed by atoms with Crippen LogP contribution in [0.5, 0.6) is 0 Å². The van der Waals surface area contributed by atoms with Gasteiger partial charge >= 0.3 is 0 Å². The highest BCUT2D eigenvalue weighted by atomic mass is 35.5. The lowest BCUT2D eigenvalue weighted by atomic mass is 10.2. The van der Waals surface area contributed by atoms with Crippen LogP contribution < -0.4 is 5.32 Å². The quantitative estimate of drug-likeness (QED) is 0.274. The largest absolute Gasteiger partial charge is 0.320 e. The van der Waals surface area contributed by atoms with Crippen LogP contribution in [0.2, 0.25) is 5.02 Å². The van der Waals surface area contributed by atoms with Crippen LogP contribution in [-0.4, -0.2) is 49.3 Å². The van der Waals surface area contributed by atoms with Gasteiger partial charge in [0, 0.05) is 11.1 Å². The highest BCUT2D eigenvalue weighted by molar-refractivity contribution is 7.99. The van der Waals surface area contributed by atoms with Crippen molar-refractivity contribution >= 4 is 40.6 Å². The molecule has 1 N–H and O–H groups in total. The minimum Gasteiger partial charge on any atom is -0.320 e. The van der Waals surface area contributed by atoms with Crippen molar-refractivity contribution in [2.45, 2.75) is 31.1 Å². The topological polar surface area (TPSA) is 106 Å². The number of nitro groups is 1. The first-order valence-corrected chi connectivity index (χ1v) is 11.9. The molecule has 1 aliphatic rings. The molecule has 4 rings (SSSR count). The van der Waals surface area contributed by atoms with Gasteiger partial charge < -0.3 is 9.88 Å². The minimum absolute atomic E-state index is 0.0381. The Morgan fingerprint density at radius 3 is 2.61 bits per heavy atom. The van der Waals surface area contributed by atoms with E-state index in [1.54, 1.807) is 0 Å². The van der Waals surface area contributed by atoms with E-state index < -0.39 is 4.92 Å². The smallest absolute Gasteiger partial charge is 0.294 e. The predicted molar refractivity (Wildman–Crippen MR) is 128 cm³/mol. The number of carbonyl (C=O) groups excluding carboxylic acids is 1. The van der Waals surface area contributed by atoms with E-state index >= 15 is 0 Å². The summed E-state index contributed by atoms with van der Waals surface area (Å²) >= 11 is 7.10. The SMILES string of the molecule is O=C(CSc1nnc(CN2CCCC2)n1Cc1ccccc1)Nc1ccc(Cl)cc1[N+](=O)[O-]. The highest BCUT2D eigenvalue weighted by Crippen LogP contribution is 2.28. The minimum atomic E-state index is -0.574. The number of nitrogens with zero attached hydrogens (tertiary/aromatic N) is 5. The van der Waals surface area contributed by atoms with Crippen LogP contribution in [0.3, 0.4) is 0 Å². The van der Waals surface area contributed by atoms with E-state index in [0.717, 1.165) is 24.5 Å². The zero-order valence-corrected chi connectivity index (χ0v) is 19.4. The maximum absolute atomic E-state index is 12.5. The Morgan fingerprint density at radius 2 is 1.88 bits per heavy atom. The molecule has 0 unspecified atom stereocenters. The number of benzene rings is 2. The predicted octanol–water partition coefficient (Wildman–Crippen LogP) is 4.21. The summed E-state index contributed by atoms with van der Waals surface area (Å²) in [6.07, 6.45) is 2.37. The number of carbonyl (C=O) groups is 1. The molecule has 1 aromatic heterocycles. The second kappa shape index (κ2) is 10.8. The fraction of sp³-hybridized carbons (Fsp3) is 0.318. The Bertz CT molecular complexity index is 1130.